The highest BCUT2D eigenvalue weighted by Gasteiger charge is 2.44. The van der Waals surface area contributed by atoms with Crippen molar-refractivity contribution in [2.75, 3.05) is 37.9 Å². The number of rotatable bonds is 15. The van der Waals surface area contributed by atoms with Gasteiger partial charge in [0.2, 0.25) is 16.8 Å². The fourth-order valence-electron chi connectivity index (χ4n) is 7.46. The summed E-state index contributed by atoms with van der Waals surface area (Å²) in [5.41, 5.74) is -0.183. The van der Waals surface area contributed by atoms with E-state index in [1.54, 1.807) is 40.7 Å². The lowest BCUT2D eigenvalue weighted by Crippen LogP contribution is -2.53. The first-order valence-corrected chi connectivity index (χ1v) is 22.8. The van der Waals surface area contributed by atoms with Crippen molar-refractivity contribution in [2.45, 2.75) is 72.4 Å². The zero-order chi connectivity index (χ0) is 37.8. The molecular weight excluding hydrogens is 849 g/mol. The number of ether oxygens (including phenoxy) is 2. The lowest BCUT2D eigenvalue weighted by Gasteiger charge is -2.35. The Balaban J connectivity index is 1.01. The number of hydrogen-bond donors (Lipinski definition) is 2. The fraction of sp³-hybridized carbons (Fsp3) is 0.472. The van der Waals surface area contributed by atoms with E-state index in [4.69, 9.17) is 32.7 Å². The molecule has 0 bridgehead atoms. The van der Waals surface area contributed by atoms with Gasteiger partial charge in [-0.1, -0.05) is 72.8 Å². The number of carbonyl (C=O) groups is 1. The molecule has 1 aromatic heterocycles. The molecule has 288 valence electrons. The van der Waals surface area contributed by atoms with Crippen molar-refractivity contribution in [3.63, 3.8) is 0 Å². The molecule has 0 aliphatic carbocycles. The molecule has 11 nitrogen and oxygen atoms in total. The molecule has 3 aromatic rings. The van der Waals surface area contributed by atoms with Crippen LogP contribution in [-0.4, -0.2) is 70.7 Å². The zero-order valence-corrected chi connectivity index (χ0v) is 34.4. The van der Waals surface area contributed by atoms with Crippen LogP contribution in [0.3, 0.4) is 0 Å². The van der Waals surface area contributed by atoms with Crippen molar-refractivity contribution in [2.24, 2.45) is 11.8 Å². The first-order chi connectivity index (χ1) is 25.3. The minimum atomic E-state index is -4.27. The first kappa shape index (κ1) is 40.3. The Morgan fingerprint density at radius 3 is 2.19 bits per heavy atom. The van der Waals surface area contributed by atoms with E-state index >= 15 is 0 Å². The maximum Gasteiger partial charge on any atom is 0.305 e. The molecular formula is C36H42BrCl2N3O8S3. The van der Waals surface area contributed by atoms with Crippen LogP contribution < -0.4 is 9.62 Å². The molecule has 0 spiro atoms. The van der Waals surface area contributed by atoms with Crippen molar-refractivity contribution >= 4 is 82.2 Å². The van der Waals surface area contributed by atoms with Crippen LogP contribution in [0.5, 0.6) is 0 Å². The molecule has 4 heterocycles. The summed E-state index contributed by atoms with van der Waals surface area (Å²) in [7, 11) is -7.81. The number of aliphatic carboxylic acids is 1. The van der Waals surface area contributed by atoms with E-state index in [2.05, 4.69) is 25.6 Å². The number of carboxylic acids is 1. The Morgan fingerprint density at radius 2 is 1.62 bits per heavy atom. The lowest BCUT2D eigenvalue weighted by molar-refractivity contribution is -0.138. The van der Waals surface area contributed by atoms with Crippen molar-refractivity contribution in [3.05, 3.63) is 86.0 Å². The summed E-state index contributed by atoms with van der Waals surface area (Å²) in [6.45, 7) is 2.47. The molecule has 2 aromatic carbocycles. The number of nitrogens with zero attached hydrogens (tertiary/aromatic N) is 2. The van der Waals surface area contributed by atoms with E-state index in [9.17, 15) is 26.7 Å². The van der Waals surface area contributed by atoms with E-state index < -0.39 is 38.0 Å². The molecule has 0 saturated carbocycles. The van der Waals surface area contributed by atoms with Crippen LogP contribution in [0, 0.1) is 11.8 Å². The Hall–Kier alpha value is -2.37. The third kappa shape index (κ3) is 9.72. The van der Waals surface area contributed by atoms with Crippen LogP contribution >= 0.6 is 50.5 Å². The van der Waals surface area contributed by atoms with Crippen LogP contribution in [0.4, 0.5) is 5.69 Å². The van der Waals surface area contributed by atoms with Gasteiger partial charge in [0.15, 0.2) is 5.76 Å². The highest BCUT2D eigenvalue weighted by atomic mass is 79.9. The number of thiophene rings is 1. The zero-order valence-electron chi connectivity index (χ0n) is 28.9. The highest BCUT2D eigenvalue weighted by Crippen LogP contribution is 2.38. The maximum atomic E-state index is 13.9. The smallest absolute Gasteiger partial charge is 0.305 e. The summed E-state index contributed by atoms with van der Waals surface area (Å²) in [5, 5.41) is 10.2. The normalized spacial score (nSPS) is 19.0. The van der Waals surface area contributed by atoms with Crippen molar-refractivity contribution in [1.29, 1.82) is 0 Å². The van der Waals surface area contributed by atoms with E-state index in [0.717, 1.165) is 75.1 Å². The number of benzene rings is 2. The average Bonchev–Trinajstić information content (AvgIpc) is 3.80. The van der Waals surface area contributed by atoms with Gasteiger partial charge in [-0.2, -0.15) is 9.03 Å². The largest absolute Gasteiger partial charge is 0.481 e. The molecule has 3 aliphatic rings. The average molecular weight is 892 g/mol. The SMILES string of the molecule is O=C(O)CC(Cc1ccccc1)(NS(=O)(=O)c1ccc(N2CCC(CCCC3CCN(S(=O)(=O)c4cc(Br)c(Cl)s4)CC3)CC2)c(Cl)c1)C1=COCO1. The number of anilines is 1. The lowest BCUT2D eigenvalue weighted by atomic mass is 9.87. The Labute approximate surface area is 333 Å². The number of hydrogen-bond acceptors (Lipinski definition) is 9. The number of halogens is 3. The monoisotopic (exact) mass is 889 g/mol. The van der Waals surface area contributed by atoms with Crippen LogP contribution in [0.15, 0.2) is 80.2 Å². The molecule has 53 heavy (non-hydrogen) atoms. The van der Waals surface area contributed by atoms with Gasteiger partial charge in [0.25, 0.3) is 10.0 Å². The molecule has 1 atom stereocenters. The maximum absolute atomic E-state index is 13.9. The van der Waals surface area contributed by atoms with E-state index in [0.29, 0.717) is 44.3 Å². The number of carboxylic acid groups (broad SMARTS) is 1. The van der Waals surface area contributed by atoms with Gasteiger partial charge < -0.3 is 19.5 Å². The van der Waals surface area contributed by atoms with Gasteiger partial charge in [0.1, 0.15) is 20.3 Å². The second-order valence-corrected chi connectivity index (χ2v) is 20.6. The third-order valence-electron chi connectivity index (χ3n) is 10.3. The van der Waals surface area contributed by atoms with Crippen molar-refractivity contribution in [1.82, 2.24) is 9.03 Å². The second kappa shape index (κ2) is 17.2. The Morgan fingerprint density at radius 1 is 0.962 bits per heavy atom. The summed E-state index contributed by atoms with van der Waals surface area (Å²) < 4.78 is 70.2. The highest BCUT2D eigenvalue weighted by molar-refractivity contribution is 9.10. The molecule has 2 N–H and O–H groups in total. The molecule has 0 radical (unpaired) electrons. The number of piperidine rings is 2. The Kier molecular flexibility index (Phi) is 13.1. The van der Waals surface area contributed by atoms with Gasteiger partial charge in [0.05, 0.1) is 22.0 Å². The minimum absolute atomic E-state index is 0.0173. The van der Waals surface area contributed by atoms with Crippen LogP contribution in [0.2, 0.25) is 9.36 Å². The minimum Gasteiger partial charge on any atom is -0.481 e. The van der Waals surface area contributed by atoms with Crippen molar-refractivity contribution in [3.8, 4) is 0 Å². The molecule has 2 fully saturated rings. The summed E-state index contributed by atoms with van der Waals surface area (Å²) in [6.07, 6.45) is 7.66. The summed E-state index contributed by atoms with van der Waals surface area (Å²) in [6, 6.07) is 15.2. The predicted molar refractivity (Wildman–Crippen MR) is 209 cm³/mol. The Bertz CT molecular complexity index is 2000. The predicted octanol–water partition coefficient (Wildman–Crippen LogP) is 7.89. The topological polar surface area (TPSA) is 143 Å². The number of nitrogens with one attached hydrogen (secondary N) is 1. The van der Waals surface area contributed by atoms with Gasteiger partial charge in [-0.25, -0.2) is 16.8 Å². The first-order valence-electron chi connectivity index (χ1n) is 17.5. The van der Waals surface area contributed by atoms with Gasteiger partial charge in [-0.05, 0) is 89.7 Å². The molecule has 6 rings (SSSR count). The second-order valence-electron chi connectivity index (χ2n) is 13.8. The summed E-state index contributed by atoms with van der Waals surface area (Å²) >= 11 is 17.2. The molecule has 3 aliphatic heterocycles. The van der Waals surface area contributed by atoms with Gasteiger partial charge in [-0.3, -0.25) is 4.79 Å². The van der Waals surface area contributed by atoms with Gasteiger partial charge in [-0.15, -0.1) is 11.3 Å². The van der Waals surface area contributed by atoms with Crippen LogP contribution in [0.1, 0.15) is 56.9 Å². The van der Waals surface area contributed by atoms with E-state index in [1.807, 2.05) is 6.07 Å². The quantitative estimate of drug-likeness (QED) is 0.156. The molecule has 2 saturated heterocycles. The summed E-state index contributed by atoms with van der Waals surface area (Å²) in [4.78, 5) is 14.2. The van der Waals surface area contributed by atoms with Crippen molar-refractivity contribution < 1.29 is 36.2 Å². The fourth-order valence-corrected chi connectivity index (χ4v) is 13.1. The third-order valence-corrected chi connectivity index (χ3v) is 16.9. The van der Waals surface area contributed by atoms with E-state index in [1.165, 1.54) is 18.4 Å². The van der Waals surface area contributed by atoms with Crippen LogP contribution in [-0.2, 0) is 40.7 Å². The molecule has 1 unspecified atom stereocenters. The molecule has 0 amide bonds. The van der Waals surface area contributed by atoms with Crippen LogP contribution in [0.25, 0.3) is 0 Å². The van der Waals surface area contributed by atoms with Gasteiger partial charge in [0, 0.05) is 30.7 Å². The number of sulfonamides is 2. The van der Waals surface area contributed by atoms with Gasteiger partial charge >= 0.3 is 5.97 Å². The molecule has 17 heteroatoms. The summed E-state index contributed by atoms with van der Waals surface area (Å²) in [5.74, 6) is -0.0465. The van der Waals surface area contributed by atoms with E-state index in [-0.39, 0.29) is 28.1 Å². The standard InChI is InChI=1S/C36H42BrCl2N3O8S3/c37-29-20-34(51-35(29)39)53(47,48)42-17-13-26(14-18-42)8-4-7-25-11-15-41(16-12-25)31-10-9-28(19-30(31)38)52(45,46)40-36(22-33(43)44,32-23-49-24-50-32)21-27-5-2-1-3-6-27/h1-3,5-6,9-10,19-20,23,25-26,40H,4,7-8,11-18,21-22,24H2,(H,43,44).